The fourth-order valence-electron chi connectivity index (χ4n) is 4.38. The molecule has 2 unspecified atom stereocenters. The summed E-state index contributed by atoms with van der Waals surface area (Å²) in [7, 11) is -1.93. The molecule has 1 rings (SSSR count). The minimum Gasteiger partial charge on any atom is -0.497 e. The van der Waals surface area contributed by atoms with Crippen molar-refractivity contribution < 1.29 is 18.4 Å². The summed E-state index contributed by atoms with van der Waals surface area (Å²) >= 11 is 0. The standard InChI is InChI=1S/C30H57NO4Si2/c1-9-10-11-12-13-14-15-16-17-18-19-20-29(35-37(6,7)8)28(25-34-36(3,4)5)31-30(32)26-21-23-27(33-2)24-22-26/h21-24,28-29H,9-20,25H2,1-8H3,(H,31,32). The van der Waals surface area contributed by atoms with Crippen molar-refractivity contribution in [2.45, 2.75) is 135 Å². The smallest absolute Gasteiger partial charge is 0.251 e. The van der Waals surface area contributed by atoms with Crippen molar-refractivity contribution >= 4 is 22.5 Å². The normalized spacial score (nSPS) is 13.8. The van der Waals surface area contributed by atoms with Crippen LogP contribution in [-0.2, 0) is 8.85 Å². The van der Waals surface area contributed by atoms with E-state index in [4.69, 9.17) is 13.6 Å². The molecule has 1 aromatic carbocycles. The molecule has 0 saturated carbocycles. The van der Waals surface area contributed by atoms with Gasteiger partial charge in [-0.25, -0.2) is 0 Å². The molecule has 0 fully saturated rings. The lowest BCUT2D eigenvalue weighted by atomic mass is 10.0. The Hall–Kier alpha value is -1.16. The van der Waals surface area contributed by atoms with Crippen molar-refractivity contribution in [2.24, 2.45) is 0 Å². The molecule has 0 aliphatic heterocycles. The summed E-state index contributed by atoms with van der Waals surface area (Å²) in [6.07, 6.45) is 15.5. The molecule has 1 N–H and O–H groups in total. The van der Waals surface area contributed by atoms with Crippen LogP contribution in [0.2, 0.25) is 39.3 Å². The molecule has 2 atom stereocenters. The summed E-state index contributed by atoms with van der Waals surface area (Å²) in [6, 6.07) is 7.09. The highest BCUT2D eigenvalue weighted by Gasteiger charge is 2.31. The molecule has 0 aliphatic carbocycles. The van der Waals surface area contributed by atoms with Crippen molar-refractivity contribution in [3.63, 3.8) is 0 Å². The predicted octanol–water partition coefficient (Wildman–Crippen LogP) is 8.57. The van der Waals surface area contributed by atoms with E-state index in [-0.39, 0.29) is 18.1 Å². The summed E-state index contributed by atoms with van der Waals surface area (Å²) < 4.78 is 18.2. The van der Waals surface area contributed by atoms with E-state index in [1.54, 1.807) is 7.11 Å². The summed E-state index contributed by atoms with van der Waals surface area (Å²) in [6.45, 7) is 16.0. The van der Waals surface area contributed by atoms with Crippen LogP contribution in [-0.4, -0.2) is 48.4 Å². The van der Waals surface area contributed by atoms with E-state index in [0.29, 0.717) is 12.2 Å². The number of carbonyl (C=O) groups is 1. The molecule has 37 heavy (non-hydrogen) atoms. The highest BCUT2D eigenvalue weighted by Crippen LogP contribution is 2.20. The molecule has 1 amide bonds. The first kappa shape index (κ1) is 33.9. The van der Waals surface area contributed by atoms with E-state index in [1.807, 2.05) is 24.3 Å². The number of hydrogen-bond donors (Lipinski definition) is 1. The Kier molecular flexibility index (Phi) is 16.6. The monoisotopic (exact) mass is 551 g/mol. The van der Waals surface area contributed by atoms with E-state index in [0.717, 1.165) is 18.6 Å². The van der Waals surface area contributed by atoms with E-state index in [1.165, 1.54) is 64.2 Å². The Labute approximate surface area is 230 Å². The first-order valence-electron chi connectivity index (χ1n) is 14.7. The van der Waals surface area contributed by atoms with E-state index >= 15 is 0 Å². The third kappa shape index (κ3) is 17.1. The molecule has 5 nitrogen and oxygen atoms in total. The molecule has 0 saturated heterocycles. The Morgan fingerprint density at radius 3 is 1.76 bits per heavy atom. The van der Waals surface area contributed by atoms with Gasteiger partial charge in [0.05, 0.1) is 25.9 Å². The predicted molar refractivity (Wildman–Crippen MR) is 163 cm³/mol. The van der Waals surface area contributed by atoms with E-state index in [9.17, 15) is 4.79 Å². The Bertz CT molecular complexity index is 729. The molecule has 0 aromatic heterocycles. The zero-order chi connectivity index (χ0) is 27.7. The zero-order valence-electron chi connectivity index (χ0n) is 25.3. The highest BCUT2D eigenvalue weighted by atomic mass is 28.4. The molecule has 1 aromatic rings. The van der Waals surface area contributed by atoms with Crippen molar-refractivity contribution in [1.82, 2.24) is 5.32 Å². The van der Waals surface area contributed by atoms with Crippen LogP contribution in [0.25, 0.3) is 0 Å². The van der Waals surface area contributed by atoms with Gasteiger partial charge in [-0.15, -0.1) is 0 Å². The molecular formula is C30H57NO4Si2. The second kappa shape index (κ2) is 18.2. The van der Waals surface area contributed by atoms with Gasteiger partial charge in [-0.3, -0.25) is 4.79 Å². The maximum absolute atomic E-state index is 13.2. The average Bonchev–Trinajstić information content (AvgIpc) is 2.83. The molecule has 0 bridgehead atoms. The van der Waals surface area contributed by atoms with Crippen molar-refractivity contribution in [1.29, 1.82) is 0 Å². The first-order valence-corrected chi connectivity index (χ1v) is 21.5. The number of carbonyl (C=O) groups excluding carboxylic acids is 1. The molecular weight excluding hydrogens is 495 g/mol. The Morgan fingerprint density at radius 2 is 1.30 bits per heavy atom. The third-order valence-corrected chi connectivity index (χ3v) is 8.45. The number of unbranched alkanes of at least 4 members (excludes halogenated alkanes) is 10. The fourth-order valence-corrected chi connectivity index (χ4v) is 6.25. The van der Waals surface area contributed by atoms with Gasteiger partial charge in [-0.05, 0) is 70.0 Å². The summed E-state index contributed by atoms with van der Waals surface area (Å²) in [5.41, 5.74) is 0.625. The second-order valence-corrected chi connectivity index (χ2v) is 21.3. The maximum atomic E-state index is 13.2. The first-order chi connectivity index (χ1) is 17.4. The average molecular weight is 552 g/mol. The highest BCUT2D eigenvalue weighted by molar-refractivity contribution is 6.70. The van der Waals surface area contributed by atoms with E-state index < -0.39 is 16.6 Å². The van der Waals surface area contributed by atoms with Gasteiger partial charge in [0.15, 0.2) is 16.6 Å². The van der Waals surface area contributed by atoms with Gasteiger partial charge in [0.25, 0.3) is 5.91 Å². The van der Waals surface area contributed by atoms with Gasteiger partial charge < -0.3 is 18.9 Å². The number of ether oxygens (including phenoxy) is 1. The lowest BCUT2D eigenvalue weighted by molar-refractivity contribution is 0.0748. The van der Waals surface area contributed by atoms with Crippen LogP contribution in [0, 0.1) is 0 Å². The Morgan fingerprint density at radius 1 is 0.784 bits per heavy atom. The maximum Gasteiger partial charge on any atom is 0.251 e. The third-order valence-electron chi connectivity index (χ3n) is 6.41. The SMILES string of the molecule is CCCCCCCCCCCCCC(O[Si](C)(C)C)C(CO[Si](C)(C)C)NC(=O)c1ccc(OC)cc1. The van der Waals surface area contributed by atoms with Crippen molar-refractivity contribution in [3.8, 4) is 5.75 Å². The second-order valence-electron chi connectivity index (χ2n) is 12.3. The van der Waals surface area contributed by atoms with Crippen LogP contribution in [0.5, 0.6) is 5.75 Å². The van der Waals surface area contributed by atoms with Gasteiger partial charge in [0, 0.05) is 5.56 Å². The summed E-state index contributed by atoms with van der Waals surface area (Å²) in [5, 5.41) is 3.27. The van der Waals surface area contributed by atoms with Crippen LogP contribution >= 0.6 is 0 Å². The lowest BCUT2D eigenvalue weighted by Crippen LogP contribution is -2.51. The molecule has 0 heterocycles. The largest absolute Gasteiger partial charge is 0.497 e. The number of nitrogens with one attached hydrogen (secondary N) is 1. The van der Waals surface area contributed by atoms with Gasteiger partial charge in [0.1, 0.15) is 5.75 Å². The topological polar surface area (TPSA) is 56.8 Å². The summed E-state index contributed by atoms with van der Waals surface area (Å²) in [4.78, 5) is 13.2. The van der Waals surface area contributed by atoms with Crippen molar-refractivity contribution in [3.05, 3.63) is 29.8 Å². The number of rotatable bonds is 21. The minimum absolute atomic E-state index is 0.0382. The van der Waals surface area contributed by atoms with Gasteiger partial charge >= 0.3 is 0 Å². The number of amides is 1. The van der Waals surface area contributed by atoms with Crippen molar-refractivity contribution in [2.75, 3.05) is 13.7 Å². The fraction of sp³-hybridized carbons (Fsp3) is 0.767. The van der Waals surface area contributed by atoms with Gasteiger partial charge in [-0.1, -0.05) is 77.6 Å². The minimum atomic E-state index is -1.81. The molecule has 0 aliphatic rings. The molecule has 7 heteroatoms. The number of hydrogen-bond acceptors (Lipinski definition) is 4. The van der Waals surface area contributed by atoms with Crippen LogP contribution in [0.1, 0.15) is 94.3 Å². The molecule has 0 radical (unpaired) electrons. The van der Waals surface area contributed by atoms with Crippen LogP contribution in [0.3, 0.4) is 0 Å². The van der Waals surface area contributed by atoms with Gasteiger partial charge in [0.2, 0.25) is 0 Å². The van der Waals surface area contributed by atoms with Crippen LogP contribution in [0.15, 0.2) is 24.3 Å². The van der Waals surface area contributed by atoms with E-state index in [2.05, 4.69) is 51.5 Å². The Balaban J connectivity index is 2.70. The van der Waals surface area contributed by atoms with Crippen LogP contribution < -0.4 is 10.1 Å². The lowest BCUT2D eigenvalue weighted by Gasteiger charge is -2.34. The summed E-state index contributed by atoms with van der Waals surface area (Å²) in [5.74, 6) is 0.654. The molecule has 0 spiro atoms. The number of methoxy groups -OCH3 is 1. The number of benzene rings is 1. The van der Waals surface area contributed by atoms with Gasteiger partial charge in [-0.2, -0.15) is 0 Å². The zero-order valence-corrected chi connectivity index (χ0v) is 27.3. The van der Waals surface area contributed by atoms with Crippen LogP contribution in [0.4, 0.5) is 0 Å². The molecule has 214 valence electrons. The quantitative estimate of drug-likeness (QED) is 0.123.